The molecule has 0 aliphatic rings. The van der Waals surface area contributed by atoms with Gasteiger partial charge in [-0.2, -0.15) is 4.31 Å². The highest BCUT2D eigenvalue weighted by atomic mass is 32.2. The maximum atomic E-state index is 12.9. The lowest BCUT2D eigenvalue weighted by molar-refractivity contribution is 0.100. The number of amides is 2. The number of hydrogen-bond donors (Lipinski definition) is 2. The third-order valence-electron chi connectivity index (χ3n) is 5.15. The summed E-state index contributed by atoms with van der Waals surface area (Å²) in [6.07, 6.45) is 1.68. The molecule has 0 atom stereocenters. The Balaban J connectivity index is 1.81. The molecule has 1 heterocycles. The van der Waals surface area contributed by atoms with Crippen LogP contribution in [0.3, 0.4) is 0 Å². The minimum Gasteiger partial charge on any atom is -0.366 e. The summed E-state index contributed by atoms with van der Waals surface area (Å²) in [5, 5.41) is 3.08. The van der Waals surface area contributed by atoms with E-state index in [-0.39, 0.29) is 16.0 Å². The van der Waals surface area contributed by atoms with E-state index in [0.717, 1.165) is 23.3 Å². The first-order valence-electron chi connectivity index (χ1n) is 10.7. The Kier molecular flexibility index (Phi) is 8.01. The van der Waals surface area contributed by atoms with Crippen molar-refractivity contribution in [2.45, 2.75) is 31.6 Å². The molecule has 3 N–H and O–H groups in total. The summed E-state index contributed by atoms with van der Waals surface area (Å²) in [7, 11) is -3.63. The number of thiophene rings is 1. The second kappa shape index (κ2) is 10.7. The number of hydrogen-bond acceptors (Lipinski definition) is 5. The quantitative estimate of drug-likeness (QED) is 0.438. The van der Waals surface area contributed by atoms with Crippen molar-refractivity contribution in [3.63, 3.8) is 0 Å². The van der Waals surface area contributed by atoms with E-state index < -0.39 is 21.8 Å². The number of carbonyl (C=O) groups excluding carboxylic acids is 2. The largest absolute Gasteiger partial charge is 0.366 e. The zero-order valence-electron chi connectivity index (χ0n) is 18.6. The van der Waals surface area contributed by atoms with Gasteiger partial charge in [0.1, 0.15) is 5.00 Å². The summed E-state index contributed by atoms with van der Waals surface area (Å²) in [6, 6.07) is 16.9. The van der Waals surface area contributed by atoms with E-state index in [1.807, 2.05) is 37.3 Å². The first-order chi connectivity index (χ1) is 15.8. The summed E-state index contributed by atoms with van der Waals surface area (Å²) in [4.78, 5) is 25.7. The van der Waals surface area contributed by atoms with Gasteiger partial charge in [0.25, 0.3) is 11.8 Å². The summed E-state index contributed by atoms with van der Waals surface area (Å²) in [5.74, 6) is -1.10. The zero-order valence-corrected chi connectivity index (χ0v) is 20.2. The van der Waals surface area contributed by atoms with Crippen LogP contribution in [0.4, 0.5) is 5.00 Å². The Morgan fingerprint density at radius 3 is 2.27 bits per heavy atom. The third kappa shape index (κ3) is 5.68. The molecule has 0 spiro atoms. The maximum Gasteiger partial charge on any atom is 0.256 e. The van der Waals surface area contributed by atoms with Crippen molar-refractivity contribution in [3.05, 3.63) is 71.8 Å². The van der Waals surface area contributed by atoms with Gasteiger partial charge in [-0.15, -0.1) is 11.3 Å². The molecule has 3 rings (SSSR count). The number of nitrogens with two attached hydrogens (primary N) is 1. The van der Waals surface area contributed by atoms with Crippen LogP contribution in [0.1, 0.15) is 47.4 Å². The van der Waals surface area contributed by atoms with Crippen LogP contribution < -0.4 is 11.1 Å². The molecule has 0 aliphatic carbocycles. The van der Waals surface area contributed by atoms with Crippen molar-refractivity contribution in [2.75, 3.05) is 18.4 Å². The molecule has 3 aromatic rings. The number of sulfonamides is 1. The fraction of sp³-hybridized carbons (Fsp3) is 0.250. The zero-order chi connectivity index (χ0) is 24.0. The Hall–Kier alpha value is -3.01. The van der Waals surface area contributed by atoms with Crippen molar-refractivity contribution >= 4 is 38.2 Å². The van der Waals surface area contributed by atoms with Crippen molar-refractivity contribution in [3.8, 4) is 10.4 Å². The van der Waals surface area contributed by atoms with E-state index in [2.05, 4.69) is 5.32 Å². The van der Waals surface area contributed by atoms with Gasteiger partial charge in [-0.3, -0.25) is 9.59 Å². The number of primary amides is 1. The van der Waals surface area contributed by atoms with Crippen LogP contribution in [-0.2, 0) is 10.0 Å². The highest BCUT2D eigenvalue weighted by Gasteiger charge is 2.23. The number of nitrogens with one attached hydrogen (secondary N) is 1. The second-order valence-corrected chi connectivity index (χ2v) is 10.4. The van der Waals surface area contributed by atoms with Crippen LogP contribution in [0, 0.1) is 0 Å². The standard InChI is InChI=1S/C24H27N3O4S2/c1-3-5-15-27(4-2)33(30,31)19-13-11-18(12-14-19)23(29)26-24-20(22(25)28)16-21(32-24)17-9-7-6-8-10-17/h6-14,16H,3-5,15H2,1-2H3,(H2,25,28)(H,26,29). The van der Waals surface area contributed by atoms with Crippen LogP contribution in [0.15, 0.2) is 65.6 Å². The number of rotatable bonds is 10. The molecule has 174 valence electrons. The molecule has 9 heteroatoms. The average Bonchev–Trinajstić information content (AvgIpc) is 3.24. The highest BCUT2D eigenvalue weighted by Crippen LogP contribution is 2.35. The topological polar surface area (TPSA) is 110 Å². The number of unbranched alkanes of at least 4 members (excludes halogenated alkanes) is 1. The van der Waals surface area contributed by atoms with Gasteiger partial charge < -0.3 is 11.1 Å². The van der Waals surface area contributed by atoms with Gasteiger partial charge in [-0.25, -0.2) is 8.42 Å². The predicted molar refractivity (Wildman–Crippen MR) is 132 cm³/mol. The molecule has 0 aliphatic heterocycles. The number of anilines is 1. The average molecular weight is 486 g/mol. The van der Waals surface area contributed by atoms with E-state index in [1.165, 1.54) is 39.9 Å². The molecule has 0 radical (unpaired) electrons. The molecule has 0 fully saturated rings. The monoisotopic (exact) mass is 485 g/mol. The Bertz CT molecular complexity index is 1220. The summed E-state index contributed by atoms with van der Waals surface area (Å²) < 4.78 is 27.2. The third-order valence-corrected chi connectivity index (χ3v) is 8.24. The molecule has 2 amide bonds. The lowest BCUT2D eigenvalue weighted by Crippen LogP contribution is -2.31. The summed E-state index contributed by atoms with van der Waals surface area (Å²) >= 11 is 1.25. The second-order valence-electron chi connectivity index (χ2n) is 7.41. The van der Waals surface area contributed by atoms with Gasteiger partial charge in [-0.05, 0) is 42.3 Å². The lowest BCUT2D eigenvalue weighted by Gasteiger charge is -2.20. The molecule has 0 bridgehead atoms. The predicted octanol–water partition coefficient (Wildman–Crippen LogP) is 4.58. The highest BCUT2D eigenvalue weighted by molar-refractivity contribution is 7.89. The molecule has 0 unspecified atom stereocenters. The van der Waals surface area contributed by atoms with Crippen LogP contribution in [0.25, 0.3) is 10.4 Å². The van der Waals surface area contributed by atoms with Crippen LogP contribution in [-0.4, -0.2) is 37.6 Å². The Labute approximate surface area is 198 Å². The van der Waals surface area contributed by atoms with Crippen LogP contribution in [0.2, 0.25) is 0 Å². The number of carbonyl (C=O) groups is 2. The van der Waals surface area contributed by atoms with Crippen molar-refractivity contribution in [2.24, 2.45) is 5.73 Å². The molecule has 0 saturated carbocycles. The van der Waals surface area contributed by atoms with Crippen molar-refractivity contribution in [1.82, 2.24) is 4.31 Å². The van der Waals surface area contributed by atoms with E-state index in [0.29, 0.717) is 18.1 Å². The summed E-state index contributed by atoms with van der Waals surface area (Å²) in [5.41, 5.74) is 6.91. The van der Waals surface area contributed by atoms with Gasteiger partial charge in [0.2, 0.25) is 10.0 Å². The van der Waals surface area contributed by atoms with Crippen molar-refractivity contribution < 1.29 is 18.0 Å². The van der Waals surface area contributed by atoms with E-state index in [4.69, 9.17) is 5.73 Å². The van der Waals surface area contributed by atoms with Crippen LogP contribution in [0.5, 0.6) is 0 Å². The number of benzene rings is 2. The lowest BCUT2D eigenvalue weighted by atomic mass is 10.1. The van der Waals surface area contributed by atoms with E-state index in [9.17, 15) is 18.0 Å². The Morgan fingerprint density at radius 1 is 1.03 bits per heavy atom. The van der Waals surface area contributed by atoms with Gasteiger partial charge >= 0.3 is 0 Å². The molecule has 0 saturated heterocycles. The first kappa shape index (κ1) is 24.6. The minimum atomic E-state index is -3.63. The van der Waals surface area contributed by atoms with Crippen molar-refractivity contribution in [1.29, 1.82) is 0 Å². The van der Waals surface area contributed by atoms with Gasteiger partial charge in [-0.1, -0.05) is 50.6 Å². The van der Waals surface area contributed by atoms with Gasteiger partial charge in [0, 0.05) is 23.5 Å². The summed E-state index contributed by atoms with van der Waals surface area (Å²) in [6.45, 7) is 4.64. The number of nitrogens with zero attached hydrogens (tertiary/aromatic N) is 1. The molecular weight excluding hydrogens is 458 g/mol. The molecule has 1 aromatic heterocycles. The van der Waals surface area contributed by atoms with Crippen LogP contribution >= 0.6 is 11.3 Å². The fourth-order valence-corrected chi connectivity index (χ4v) is 5.85. The van der Waals surface area contributed by atoms with E-state index >= 15 is 0 Å². The Morgan fingerprint density at radius 2 is 1.70 bits per heavy atom. The minimum absolute atomic E-state index is 0.136. The smallest absolute Gasteiger partial charge is 0.256 e. The fourth-order valence-electron chi connectivity index (χ4n) is 3.30. The van der Waals surface area contributed by atoms with Gasteiger partial charge in [0.05, 0.1) is 10.5 Å². The molecular formula is C24H27N3O4S2. The van der Waals surface area contributed by atoms with E-state index in [1.54, 1.807) is 13.0 Å². The van der Waals surface area contributed by atoms with Gasteiger partial charge in [0.15, 0.2) is 0 Å². The molecule has 33 heavy (non-hydrogen) atoms. The first-order valence-corrected chi connectivity index (χ1v) is 12.9. The molecule has 7 nitrogen and oxygen atoms in total. The molecule has 2 aromatic carbocycles. The SMILES string of the molecule is CCCCN(CC)S(=O)(=O)c1ccc(C(=O)Nc2sc(-c3ccccc3)cc2C(N)=O)cc1. The normalized spacial score (nSPS) is 11.5. The maximum absolute atomic E-state index is 12.9.